The van der Waals surface area contributed by atoms with E-state index in [2.05, 4.69) is 50.9 Å². The second-order valence-electron chi connectivity index (χ2n) is 7.44. The van der Waals surface area contributed by atoms with Crippen LogP contribution in [0.2, 0.25) is 0 Å². The van der Waals surface area contributed by atoms with Gasteiger partial charge in [0.05, 0.1) is 6.54 Å². The van der Waals surface area contributed by atoms with Crippen molar-refractivity contribution in [2.75, 3.05) is 13.1 Å². The predicted molar refractivity (Wildman–Crippen MR) is 94.4 cm³/mol. The van der Waals surface area contributed by atoms with Gasteiger partial charge in [-0.05, 0) is 56.3 Å². The standard InChI is InChI=1S/C19H27N5/c1-15-16(4-3-7-21-15)13-24(14-18-22-10-11-23(18)2)17-12-19(17)5-8-20-9-6-19/h3-4,7,10-11,17,20H,5-6,8-9,12-14H2,1-2H3. The summed E-state index contributed by atoms with van der Waals surface area (Å²) in [4.78, 5) is 11.7. The van der Waals surface area contributed by atoms with Gasteiger partial charge in [0.1, 0.15) is 5.82 Å². The van der Waals surface area contributed by atoms with E-state index in [0.717, 1.165) is 24.6 Å². The molecule has 3 heterocycles. The molecule has 1 saturated carbocycles. The first-order chi connectivity index (χ1) is 11.7. The molecule has 0 radical (unpaired) electrons. The highest BCUT2D eigenvalue weighted by molar-refractivity contribution is 5.20. The predicted octanol–water partition coefficient (Wildman–Crippen LogP) is 2.27. The lowest BCUT2D eigenvalue weighted by molar-refractivity contribution is 0.182. The van der Waals surface area contributed by atoms with Gasteiger partial charge in [0.15, 0.2) is 0 Å². The van der Waals surface area contributed by atoms with Crippen LogP contribution in [0, 0.1) is 12.3 Å². The molecular weight excluding hydrogens is 298 g/mol. The fraction of sp³-hybridized carbons (Fsp3) is 0.579. The summed E-state index contributed by atoms with van der Waals surface area (Å²) < 4.78 is 2.14. The van der Waals surface area contributed by atoms with Crippen LogP contribution in [0.5, 0.6) is 0 Å². The topological polar surface area (TPSA) is 46.0 Å². The zero-order chi connectivity index (χ0) is 16.6. The normalized spacial score (nSPS) is 22.2. The molecule has 5 heteroatoms. The Morgan fingerprint density at radius 1 is 1.25 bits per heavy atom. The van der Waals surface area contributed by atoms with Gasteiger partial charge in [0, 0.05) is 43.9 Å². The third-order valence-corrected chi connectivity index (χ3v) is 5.94. The van der Waals surface area contributed by atoms with Gasteiger partial charge in [-0.25, -0.2) is 4.98 Å². The number of aryl methyl sites for hydroxylation is 2. The summed E-state index contributed by atoms with van der Waals surface area (Å²) in [6.45, 7) is 6.32. The van der Waals surface area contributed by atoms with E-state index >= 15 is 0 Å². The Hall–Kier alpha value is -1.72. The molecule has 1 N–H and O–H groups in total. The van der Waals surface area contributed by atoms with Crippen LogP contribution in [0.4, 0.5) is 0 Å². The Labute approximate surface area is 144 Å². The highest BCUT2D eigenvalue weighted by Crippen LogP contribution is 2.56. The maximum absolute atomic E-state index is 4.56. The second-order valence-corrected chi connectivity index (χ2v) is 7.44. The van der Waals surface area contributed by atoms with Crippen molar-refractivity contribution in [2.24, 2.45) is 12.5 Å². The van der Waals surface area contributed by atoms with E-state index in [-0.39, 0.29) is 0 Å². The molecule has 1 saturated heterocycles. The summed E-state index contributed by atoms with van der Waals surface area (Å²) in [5.74, 6) is 1.15. The monoisotopic (exact) mass is 325 g/mol. The van der Waals surface area contributed by atoms with Gasteiger partial charge in [-0.15, -0.1) is 0 Å². The zero-order valence-corrected chi connectivity index (χ0v) is 14.7. The van der Waals surface area contributed by atoms with Crippen molar-refractivity contribution in [1.29, 1.82) is 0 Å². The highest BCUT2D eigenvalue weighted by atomic mass is 15.2. The molecule has 1 aliphatic heterocycles. The van der Waals surface area contributed by atoms with Crippen LogP contribution in [-0.2, 0) is 20.1 Å². The van der Waals surface area contributed by atoms with E-state index in [4.69, 9.17) is 0 Å². The molecule has 1 spiro atoms. The van der Waals surface area contributed by atoms with Gasteiger partial charge in [0.25, 0.3) is 0 Å². The molecule has 2 aromatic rings. The molecule has 1 unspecified atom stereocenters. The fourth-order valence-electron chi connectivity index (χ4n) is 4.21. The molecule has 4 rings (SSSR count). The molecule has 128 valence electrons. The van der Waals surface area contributed by atoms with E-state index < -0.39 is 0 Å². The van der Waals surface area contributed by atoms with Crippen LogP contribution >= 0.6 is 0 Å². The molecule has 2 fully saturated rings. The van der Waals surface area contributed by atoms with Gasteiger partial charge in [-0.3, -0.25) is 9.88 Å². The summed E-state index contributed by atoms with van der Waals surface area (Å²) in [7, 11) is 2.09. The van der Waals surface area contributed by atoms with Gasteiger partial charge in [0.2, 0.25) is 0 Å². The zero-order valence-electron chi connectivity index (χ0n) is 14.7. The van der Waals surface area contributed by atoms with E-state index in [1.807, 2.05) is 18.6 Å². The van der Waals surface area contributed by atoms with E-state index in [1.54, 1.807) is 0 Å². The number of hydrogen-bond acceptors (Lipinski definition) is 4. The minimum atomic E-state index is 0.534. The summed E-state index contributed by atoms with van der Waals surface area (Å²) >= 11 is 0. The third kappa shape index (κ3) is 2.98. The summed E-state index contributed by atoms with van der Waals surface area (Å²) in [5, 5.41) is 3.51. The lowest BCUT2D eigenvalue weighted by atomic mass is 9.93. The van der Waals surface area contributed by atoms with Crippen molar-refractivity contribution in [1.82, 2.24) is 24.8 Å². The molecule has 5 nitrogen and oxygen atoms in total. The summed E-state index contributed by atoms with van der Waals surface area (Å²) in [5.41, 5.74) is 3.01. The molecule has 24 heavy (non-hydrogen) atoms. The van der Waals surface area contributed by atoms with Crippen molar-refractivity contribution in [3.8, 4) is 0 Å². The van der Waals surface area contributed by atoms with Crippen LogP contribution in [0.3, 0.4) is 0 Å². The second kappa shape index (κ2) is 6.30. The van der Waals surface area contributed by atoms with Crippen LogP contribution in [-0.4, -0.2) is 38.6 Å². The van der Waals surface area contributed by atoms with Crippen LogP contribution in [0.15, 0.2) is 30.7 Å². The minimum Gasteiger partial charge on any atom is -0.337 e. The largest absolute Gasteiger partial charge is 0.337 e. The number of pyridine rings is 1. The third-order valence-electron chi connectivity index (χ3n) is 5.94. The van der Waals surface area contributed by atoms with Gasteiger partial charge < -0.3 is 9.88 Å². The molecular formula is C19H27N5. The fourth-order valence-corrected chi connectivity index (χ4v) is 4.21. The maximum atomic E-state index is 4.56. The van der Waals surface area contributed by atoms with Crippen molar-refractivity contribution in [3.63, 3.8) is 0 Å². The Morgan fingerprint density at radius 2 is 2.08 bits per heavy atom. The van der Waals surface area contributed by atoms with Gasteiger partial charge in [-0.1, -0.05) is 6.07 Å². The first-order valence-corrected chi connectivity index (χ1v) is 8.99. The van der Waals surface area contributed by atoms with Crippen molar-refractivity contribution >= 4 is 0 Å². The van der Waals surface area contributed by atoms with Crippen molar-refractivity contribution in [3.05, 3.63) is 47.8 Å². The Kier molecular flexibility index (Phi) is 4.14. The summed E-state index contributed by atoms with van der Waals surface area (Å²) in [6, 6.07) is 4.94. The maximum Gasteiger partial charge on any atom is 0.122 e. The number of imidazole rings is 1. The Morgan fingerprint density at radius 3 is 2.79 bits per heavy atom. The molecule has 0 amide bonds. The van der Waals surface area contributed by atoms with Gasteiger partial charge >= 0.3 is 0 Å². The molecule has 0 bridgehead atoms. The van der Waals surface area contributed by atoms with Gasteiger partial charge in [-0.2, -0.15) is 0 Å². The summed E-state index contributed by atoms with van der Waals surface area (Å²) in [6.07, 6.45) is 9.76. The van der Waals surface area contributed by atoms with E-state index in [0.29, 0.717) is 11.5 Å². The molecule has 0 aromatic carbocycles. The molecule has 1 aliphatic carbocycles. The van der Waals surface area contributed by atoms with E-state index in [1.165, 1.54) is 37.9 Å². The number of rotatable bonds is 5. The molecule has 2 aliphatic rings. The first-order valence-electron chi connectivity index (χ1n) is 8.99. The number of nitrogens with zero attached hydrogens (tertiary/aromatic N) is 4. The first kappa shape index (κ1) is 15.8. The van der Waals surface area contributed by atoms with Crippen molar-refractivity contribution in [2.45, 2.75) is 45.3 Å². The SMILES string of the molecule is Cc1ncccc1CN(Cc1nccn1C)C1CC12CCNCC2. The smallest absolute Gasteiger partial charge is 0.122 e. The van der Waals surface area contributed by atoms with Crippen LogP contribution < -0.4 is 5.32 Å². The molecule has 2 aromatic heterocycles. The number of piperidine rings is 1. The lowest BCUT2D eigenvalue weighted by Gasteiger charge is -2.29. The Balaban J connectivity index is 1.56. The molecule has 1 atom stereocenters. The minimum absolute atomic E-state index is 0.534. The number of aromatic nitrogens is 3. The van der Waals surface area contributed by atoms with Crippen LogP contribution in [0.25, 0.3) is 0 Å². The highest BCUT2D eigenvalue weighted by Gasteiger charge is 2.56. The number of nitrogens with one attached hydrogen (secondary N) is 1. The average molecular weight is 325 g/mol. The average Bonchev–Trinajstić information content (AvgIpc) is 3.11. The lowest BCUT2D eigenvalue weighted by Crippen LogP contribution is -2.36. The Bertz CT molecular complexity index is 701. The number of hydrogen-bond donors (Lipinski definition) is 1. The van der Waals surface area contributed by atoms with Crippen molar-refractivity contribution < 1.29 is 0 Å². The quantitative estimate of drug-likeness (QED) is 0.916. The van der Waals surface area contributed by atoms with Crippen LogP contribution in [0.1, 0.15) is 36.3 Å². The van der Waals surface area contributed by atoms with E-state index in [9.17, 15) is 0 Å².